The molecule has 1 aliphatic rings. The summed E-state index contributed by atoms with van der Waals surface area (Å²) in [5.74, 6) is 4.32. The molecule has 0 aliphatic carbocycles. The molecular formula is C36H42BClN10O4. The maximum absolute atomic E-state index is 5.96. The predicted molar refractivity (Wildman–Crippen MR) is 202 cm³/mol. The van der Waals surface area contributed by atoms with E-state index in [0.29, 0.717) is 40.2 Å². The summed E-state index contributed by atoms with van der Waals surface area (Å²) in [6, 6.07) is 15.1. The molecule has 52 heavy (non-hydrogen) atoms. The van der Waals surface area contributed by atoms with Crippen molar-refractivity contribution in [2.45, 2.75) is 81.4 Å². The Morgan fingerprint density at radius 3 is 1.69 bits per heavy atom. The molecule has 0 unspecified atom stereocenters. The average molecular weight is 725 g/mol. The molecule has 0 atom stereocenters. The SMILES string of the molecule is C.C.Cc1ccc(B2OC(C)(C)C(C)(C)O2)o1.Cc1nc2c3cccnc3nc(-c3ccc(C)o3)n2n1.Cc1nc2c3cccnc3nc(Cl)n2n1. The molecule has 1 saturated heterocycles. The average Bonchev–Trinajstić information content (AvgIpc) is 3.90. The fourth-order valence-electron chi connectivity index (χ4n) is 5.31. The summed E-state index contributed by atoms with van der Waals surface area (Å²) in [7, 11) is -0.385. The molecule has 8 aromatic rings. The van der Waals surface area contributed by atoms with Crippen LogP contribution >= 0.6 is 11.6 Å². The molecule has 270 valence electrons. The maximum atomic E-state index is 5.96. The predicted octanol–water partition coefficient (Wildman–Crippen LogP) is 7.34. The molecule has 0 radical (unpaired) electrons. The van der Waals surface area contributed by atoms with Gasteiger partial charge in [0.15, 0.2) is 28.3 Å². The lowest BCUT2D eigenvalue weighted by Crippen LogP contribution is -2.41. The van der Waals surface area contributed by atoms with Crippen molar-refractivity contribution >= 4 is 57.7 Å². The van der Waals surface area contributed by atoms with E-state index >= 15 is 0 Å². The van der Waals surface area contributed by atoms with Gasteiger partial charge in [-0.25, -0.2) is 24.9 Å². The Morgan fingerprint density at radius 1 is 0.635 bits per heavy atom. The number of rotatable bonds is 2. The van der Waals surface area contributed by atoms with Gasteiger partial charge in [0.2, 0.25) is 11.1 Å². The van der Waals surface area contributed by atoms with Gasteiger partial charge in [-0.15, -0.1) is 10.2 Å². The fraction of sp³-hybridized carbons (Fsp3) is 0.333. The normalized spacial score (nSPS) is 14.4. The van der Waals surface area contributed by atoms with E-state index in [-0.39, 0.29) is 38.5 Å². The van der Waals surface area contributed by atoms with Crippen molar-refractivity contribution in [3.63, 3.8) is 0 Å². The number of hydrogen-bond donors (Lipinski definition) is 0. The minimum atomic E-state index is -0.385. The van der Waals surface area contributed by atoms with Gasteiger partial charge < -0.3 is 18.1 Å². The van der Waals surface area contributed by atoms with Crippen LogP contribution in [0.3, 0.4) is 0 Å². The third kappa shape index (κ3) is 7.11. The van der Waals surface area contributed by atoms with Crippen LogP contribution in [0.2, 0.25) is 5.28 Å². The molecule has 16 heteroatoms. The second kappa shape index (κ2) is 14.4. The van der Waals surface area contributed by atoms with E-state index in [1.807, 2.05) is 104 Å². The number of nitrogens with zero attached hydrogens (tertiary/aromatic N) is 10. The molecule has 0 aromatic carbocycles. The summed E-state index contributed by atoms with van der Waals surface area (Å²) in [4.78, 5) is 25.9. The van der Waals surface area contributed by atoms with Gasteiger partial charge in [-0.1, -0.05) is 14.9 Å². The van der Waals surface area contributed by atoms with Crippen molar-refractivity contribution in [1.82, 2.24) is 49.1 Å². The van der Waals surface area contributed by atoms with Crippen LogP contribution < -0.4 is 5.66 Å². The molecule has 9 rings (SSSR count). The van der Waals surface area contributed by atoms with Gasteiger partial charge in [-0.05, 0) is 116 Å². The van der Waals surface area contributed by atoms with E-state index in [0.717, 1.165) is 33.6 Å². The van der Waals surface area contributed by atoms with Crippen LogP contribution in [-0.2, 0) is 9.31 Å². The van der Waals surface area contributed by atoms with Crippen molar-refractivity contribution < 1.29 is 18.1 Å². The molecule has 0 spiro atoms. The van der Waals surface area contributed by atoms with E-state index in [2.05, 4.69) is 40.1 Å². The minimum Gasteiger partial charge on any atom is -0.470 e. The highest BCUT2D eigenvalue weighted by molar-refractivity contribution is 6.60. The number of hydrogen-bond acceptors (Lipinski definition) is 12. The first kappa shape index (κ1) is 38.0. The number of pyridine rings is 2. The highest BCUT2D eigenvalue weighted by Gasteiger charge is 2.53. The van der Waals surface area contributed by atoms with E-state index < -0.39 is 0 Å². The van der Waals surface area contributed by atoms with Crippen LogP contribution in [0, 0.1) is 27.7 Å². The Hall–Kier alpha value is -5.25. The molecule has 1 aliphatic heterocycles. The van der Waals surface area contributed by atoms with Gasteiger partial charge in [-0.2, -0.15) is 14.0 Å². The van der Waals surface area contributed by atoms with Crippen molar-refractivity contribution in [1.29, 1.82) is 0 Å². The minimum absolute atomic E-state index is 0. The van der Waals surface area contributed by atoms with Gasteiger partial charge in [0, 0.05) is 12.4 Å². The summed E-state index contributed by atoms with van der Waals surface area (Å²) in [6.45, 7) is 15.6. The first-order valence-corrected chi connectivity index (χ1v) is 16.3. The fourth-order valence-corrected chi connectivity index (χ4v) is 5.51. The third-order valence-corrected chi connectivity index (χ3v) is 8.72. The van der Waals surface area contributed by atoms with Crippen LogP contribution in [0.25, 0.3) is 44.9 Å². The Balaban J connectivity index is 0.000000150. The van der Waals surface area contributed by atoms with Crippen molar-refractivity contribution in [2.75, 3.05) is 0 Å². The zero-order chi connectivity index (χ0) is 35.4. The first-order valence-electron chi connectivity index (χ1n) is 15.9. The summed E-state index contributed by atoms with van der Waals surface area (Å²) in [5.41, 5.74) is 2.78. The Bertz CT molecular complexity index is 2490. The van der Waals surface area contributed by atoms with Crippen LogP contribution in [0.4, 0.5) is 0 Å². The van der Waals surface area contributed by atoms with E-state index in [9.17, 15) is 0 Å². The van der Waals surface area contributed by atoms with Gasteiger partial charge in [0.05, 0.1) is 27.7 Å². The standard InChI is InChI=1S/C14H11N5O.C11H17BO3.C9H6ClN5.2CH4/c1-8-5-6-11(20-8)14-17-12-10(4-3-7-15-12)13-16-9(2)18-19(13)14;1-8-6-7-9(13-8)12-14-10(2,3)11(4,5)15-12;1-5-12-8-6-3-2-4-11-7(6)13-9(10)15(8)14-5;;/h3-7H,1-2H3;6-7H,1-5H3;2-4H,1H3;2*1H4. The molecule has 0 saturated carbocycles. The van der Waals surface area contributed by atoms with Crippen molar-refractivity contribution in [3.05, 3.63) is 89.4 Å². The van der Waals surface area contributed by atoms with E-state index in [1.165, 1.54) is 4.52 Å². The number of aryl methyl sites for hydroxylation is 4. The highest BCUT2D eigenvalue weighted by atomic mass is 35.5. The van der Waals surface area contributed by atoms with Gasteiger partial charge in [-0.3, -0.25) is 0 Å². The van der Waals surface area contributed by atoms with Crippen LogP contribution in [-0.4, -0.2) is 67.5 Å². The zero-order valence-electron chi connectivity index (χ0n) is 28.8. The quantitative estimate of drug-likeness (QED) is 0.129. The summed E-state index contributed by atoms with van der Waals surface area (Å²) < 4.78 is 26.1. The molecule has 1 fully saturated rings. The van der Waals surface area contributed by atoms with Gasteiger partial charge >= 0.3 is 7.12 Å². The molecule has 14 nitrogen and oxygen atoms in total. The molecule has 9 heterocycles. The molecule has 0 N–H and O–H groups in total. The van der Waals surface area contributed by atoms with E-state index in [1.54, 1.807) is 16.9 Å². The number of aromatic nitrogens is 10. The van der Waals surface area contributed by atoms with Crippen LogP contribution in [0.5, 0.6) is 0 Å². The van der Waals surface area contributed by atoms with Gasteiger partial charge in [0.25, 0.3) is 0 Å². The maximum Gasteiger partial charge on any atom is 0.532 e. The van der Waals surface area contributed by atoms with Crippen molar-refractivity contribution in [3.8, 4) is 11.6 Å². The number of furan rings is 2. The summed E-state index contributed by atoms with van der Waals surface area (Å²) in [5, 5.41) is 10.5. The largest absolute Gasteiger partial charge is 0.532 e. The zero-order valence-corrected chi connectivity index (χ0v) is 29.6. The smallest absolute Gasteiger partial charge is 0.470 e. The second-order valence-electron chi connectivity index (χ2n) is 12.8. The second-order valence-corrected chi connectivity index (χ2v) is 13.1. The van der Waals surface area contributed by atoms with Crippen LogP contribution in [0.1, 0.15) is 65.7 Å². The Morgan fingerprint density at radius 2 is 1.15 bits per heavy atom. The topological polar surface area (TPSA) is 157 Å². The Labute approximate surface area is 306 Å². The summed E-state index contributed by atoms with van der Waals surface area (Å²) >= 11 is 5.96. The van der Waals surface area contributed by atoms with Gasteiger partial charge in [0.1, 0.15) is 23.1 Å². The molecule has 8 aromatic heterocycles. The van der Waals surface area contributed by atoms with Crippen molar-refractivity contribution in [2.24, 2.45) is 0 Å². The Kier molecular flexibility index (Phi) is 10.5. The highest BCUT2D eigenvalue weighted by Crippen LogP contribution is 2.36. The molecule has 0 bridgehead atoms. The molecular weight excluding hydrogens is 683 g/mol. The number of halogens is 1. The lowest BCUT2D eigenvalue weighted by molar-refractivity contribution is 0.00578. The van der Waals surface area contributed by atoms with E-state index in [4.69, 9.17) is 29.7 Å². The van der Waals surface area contributed by atoms with Crippen LogP contribution in [0.15, 0.2) is 69.8 Å². The molecule has 0 amide bonds. The summed E-state index contributed by atoms with van der Waals surface area (Å²) in [6.07, 6.45) is 3.39. The third-order valence-electron chi connectivity index (χ3n) is 8.47. The monoisotopic (exact) mass is 724 g/mol. The lowest BCUT2D eigenvalue weighted by atomic mass is 9.86. The number of fused-ring (bicyclic) bond motifs is 6. The first-order chi connectivity index (χ1) is 23.8. The lowest BCUT2D eigenvalue weighted by Gasteiger charge is -2.32.